The van der Waals surface area contributed by atoms with Crippen LogP contribution in [-0.2, 0) is 33.3 Å². The number of esters is 2. The van der Waals surface area contributed by atoms with E-state index in [9.17, 15) is 19.5 Å². The monoisotopic (exact) mass is 1020 g/mol. The molecule has 0 aliphatic heterocycles. The van der Waals surface area contributed by atoms with Crippen LogP contribution in [0.5, 0.6) is 0 Å². The van der Waals surface area contributed by atoms with Gasteiger partial charge in [0.25, 0.3) is 0 Å². The SMILES string of the molecule is CCCCCCC/C=C\C/C=C\C/C=C\CCCCCCCCCCCCCCCCCCCCCCCCC(=O)OC(COC(=O)CCCCCCCCCCCC)COC(OCC[N+](C)(C)C)C(=O)[O-]. The summed E-state index contributed by atoms with van der Waals surface area (Å²) in [6.45, 7) is 4.75. The van der Waals surface area contributed by atoms with Crippen molar-refractivity contribution in [1.29, 1.82) is 0 Å². The van der Waals surface area contributed by atoms with Crippen LogP contribution in [0.3, 0.4) is 0 Å². The number of aliphatic carboxylic acids is 1. The van der Waals surface area contributed by atoms with E-state index in [1.807, 2.05) is 21.1 Å². The Kier molecular flexibility index (Phi) is 52.9. The molecule has 0 aliphatic carbocycles. The summed E-state index contributed by atoms with van der Waals surface area (Å²) in [5, 5.41) is 11.7. The van der Waals surface area contributed by atoms with Gasteiger partial charge < -0.3 is 33.3 Å². The second kappa shape index (κ2) is 54.8. The van der Waals surface area contributed by atoms with E-state index in [4.69, 9.17) is 18.9 Å². The van der Waals surface area contributed by atoms with E-state index < -0.39 is 24.3 Å². The lowest BCUT2D eigenvalue weighted by Crippen LogP contribution is -2.44. The highest BCUT2D eigenvalue weighted by Gasteiger charge is 2.22. The van der Waals surface area contributed by atoms with Gasteiger partial charge in [0.1, 0.15) is 13.2 Å². The smallest absolute Gasteiger partial charge is 0.306 e. The molecule has 0 radical (unpaired) electrons. The number of quaternary nitrogens is 1. The Morgan fingerprint density at radius 1 is 0.417 bits per heavy atom. The van der Waals surface area contributed by atoms with Crippen molar-refractivity contribution in [3.05, 3.63) is 36.5 Å². The Morgan fingerprint density at radius 3 is 1.11 bits per heavy atom. The number of hydrogen-bond acceptors (Lipinski definition) is 8. The van der Waals surface area contributed by atoms with Gasteiger partial charge in [0.15, 0.2) is 12.4 Å². The van der Waals surface area contributed by atoms with E-state index >= 15 is 0 Å². The molecule has 0 bridgehead atoms. The van der Waals surface area contributed by atoms with Crippen molar-refractivity contribution in [3.8, 4) is 0 Å². The molecule has 0 saturated carbocycles. The third-order valence-electron chi connectivity index (χ3n) is 13.6. The van der Waals surface area contributed by atoms with Crippen LogP contribution < -0.4 is 5.11 Å². The number of hydrogen-bond donors (Lipinski definition) is 0. The fraction of sp³-hybridized carbons (Fsp3) is 0.857. The maximum atomic E-state index is 12.8. The normalized spacial score (nSPS) is 13.0. The van der Waals surface area contributed by atoms with E-state index in [-0.39, 0.29) is 32.2 Å². The highest BCUT2D eigenvalue weighted by Crippen LogP contribution is 2.17. The van der Waals surface area contributed by atoms with E-state index in [0.29, 0.717) is 17.4 Å². The van der Waals surface area contributed by atoms with Crippen LogP contribution in [-0.4, -0.2) is 82.3 Å². The standard InChI is InChI=1S/C63H117NO8/c1-6-8-10-12-14-16-18-19-20-21-22-23-24-25-26-27-28-29-30-31-32-33-34-35-36-37-38-39-40-41-42-43-44-46-48-50-52-54-61(66)72-59(58-71-63(62(67)68)69-56-55-64(3,4)5)57-70-60(65)53-51-49-47-45-17-15-13-11-9-7-2/h18-19,21-22,24-25,59,63H,6-17,20,23,26-58H2,1-5H3/b19-18-,22-21-,25-24-. The molecular formula is C63H117NO8. The Bertz CT molecular complexity index is 1270. The Hall–Kier alpha value is -2.49. The van der Waals surface area contributed by atoms with E-state index in [1.165, 1.54) is 212 Å². The van der Waals surface area contributed by atoms with Crippen LogP contribution in [0.2, 0.25) is 0 Å². The first-order chi connectivity index (χ1) is 35.1. The first-order valence-corrected chi connectivity index (χ1v) is 30.6. The maximum Gasteiger partial charge on any atom is 0.306 e. The van der Waals surface area contributed by atoms with Gasteiger partial charge in [-0.15, -0.1) is 0 Å². The van der Waals surface area contributed by atoms with Gasteiger partial charge >= 0.3 is 11.9 Å². The van der Waals surface area contributed by atoms with Crippen LogP contribution in [0, 0.1) is 0 Å². The Balaban J connectivity index is 3.93. The van der Waals surface area contributed by atoms with Gasteiger partial charge in [-0.1, -0.05) is 262 Å². The van der Waals surface area contributed by atoms with E-state index in [2.05, 4.69) is 50.3 Å². The van der Waals surface area contributed by atoms with Crippen LogP contribution in [0.25, 0.3) is 0 Å². The molecule has 0 fully saturated rings. The van der Waals surface area contributed by atoms with Crippen LogP contribution in [0.1, 0.15) is 290 Å². The van der Waals surface area contributed by atoms with E-state index in [0.717, 1.165) is 51.4 Å². The molecule has 0 aromatic heterocycles. The van der Waals surface area contributed by atoms with Crippen molar-refractivity contribution in [2.75, 3.05) is 47.5 Å². The van der Waals surface area contributed by atoms with Crippen molar-refractivity contribution < 1.29 is 42.9 Å². The molecule has 9 heteroatoms. The molecule has 0 aromatic rings. The summed E-state index contributed by atoms with van der Waals surface area (Å²) < 4.78 is 22.6. The molecule has 0 saturated heterocycles. The summed E-state index contributed by atoms with van der Waals surface area (Å²) in [5.41, 5.74) is 0. The fourth-order valence-electron chi connectivity index (χ4n) is 8.90. The molecule has 0 N–H and O–H groups in total. The highest BCUT2D eigenvalue weighted by atomic mass is 16.7. The van der Waals surface area contributed by atoms with Gasteiger partial charge in [0.2, 0.25) is 0 Å². The van der Waals surface area contributed by atoms with Gasteiger partial charge in [-0.3, -0.25) is 9.59 Å². The van der Waals surface area contributed by atoms with Crippen LogP contribution >= 0.6 is 0 Å². The number of likely N-dealkylation sites (N-methyl/N-ethyl adjacent to an activating group) is 1. The summed E-state index contributed by atoms with van der Waals surface area (Å²) in [6.07, 6.45) is 63.8. The maximum absolute atomic E-state index is 12.8. The number of ether oxygens (including phenoxy) is 4. The van der Waals surface area contributed by atoms with Gasteiger partial charge in [0, 0.05) is 12.8 Å². The number of unbranched alkanes of at least 4 members (excludes halogenated alkanes) is 36. The molecule has 0 rings (SSSR count). The molecule has 0 aromatic carbocycles. The first-order valence-electron chi connectivity index (χ1n) is 30.6. The third kappa shape index (κ3) is 55.3. The quantitative estimate of drug-likeness (QED) is 0.0195. The number of rotatable bonds is 57. The second-order valence-corrected chi connectivity index (χ2v) is 22.0. The molecule has 2 atom stereocenters. The molecule has 422 valence electrons. The Morgan fingerprint density at radius 2 is 0.750 bits per heavy atom. The minimum atomic E-state index is -1.62. The van der Waals surface area contributed by atoms with Crippen molar-refractivity contribution in [2.24, 2.45) is 0 Å². The number of allylic oxidation sites excluding steroid dienone is 6. The predicted octanol–water partition coefficient (Wildman–Crippen LogP) is 16.7. The first kappa shape index (κ1) is 69.5. The Labute approximate surface area is 445 Å². The number of carbonyl (C=O) groups excluding carboxylic acids is 3. The van der Waals surface area contributed by atoms with Crippen molar-refractivity contribution >= 4 is 17.9 Å². The van der Waals surface area contributed by atoms with E-state index in [1.54, 1.807) is 0 Å². The number of carbonyl (C=O) groups is 3. The molecule has 0 heterocycles. The highest BCUT2D eigenvalue weighted by molar-refractivity contribution is 5.70. The molecule has 0 aliphatic rings. The van der Waals surface area contributed by atoms with Crippen molar-refractivity contribution in [3.63, 3.8) is 0 Å². The molecule has 72 heavy (non-hydrogen) atoms. The minimum absolute atomic E-state index is 0.151. The molecule has 2 unspecified atom stereocenters. The fourth-order valence-corrected chi connectivity index (χ4v) is 8.90. The van der Waals surface area contributed by atoms with Gasteiger partial charge in [-0.05, 0) is 51.4 Å². The summed E-state index contributed by atoms with van der Waals surface area (Å²) in [6, 6.07) is 0. The van der Waals surface area contributed by atoms with Gasteiger partial charge in [-0.2, -0.15) is 0 Å². The molecule has 0 spiro atoms. The van der Waals surface area contributed by atoms with Crippen LogP contribution in [0.4, 0.5) is 0 Å². The van der Waals surface area contributed by atoms with Crippen LogP contribution in [0.15, 0.2) is 36.5 Å². The molecule has 0 amide bonds. The number of carboxylic acid groups (broad SMARTS) is 1. The largest absolute Gasteiger partial charge is 0.545 e. The second-order valence-electron chi connectivity index (χ2n) is 22.0. The predicted molar refractivity (Wildman–Crippen MR) is 302 cm³/mol. The van der Waals surface area contributed by atoms with Crippen molar-refractivity contribution in [1.82, 2.24) is 0 Å². The minimum Gasteiger partial charge on any atom is -0.545 e. The average Bonchev–Trinajstić information content (AvgIpc) is 3.35. The number of nitrogens with zero attached hydrogens (tertiary/aromatic N) is 1. The molecular weight excluding hydrogens is 899 g/mol. The molecule has 9 nitrogen and oxygen atoms in total. The lowest BCUT2D eigenvalue weighted by molar-refractivity contribution is -0.870. The lowest BCUT2D eigenvalue weighted by atomic mass is 10.0. The number of carboxylic acids is 1. The summed E-state index contributed by atoms with van der Waals surface area (Å²) in [5.74, 6) is -2.27. The lowest BCUT2D eigenvalue weighted by Gasteiger charge is -2.26. The zero-order valence-electron chi connectivity index (χ0n) is 48.1. The van der Waals surface area contributed by atoms with Gasteiger partial charge in [0.05, 0.1) is 40.3 Å². The van der Waals surface area contributed by atoms with Crippen molar-refractivity contribution in [2.45, 2.75) is 302 Å². The third-order valence-corrected chi connectivity index (χ3v) is 13.6. The summed E-state index contributed by atoms with van der Waals surface area (Å²) in [4.78, 5) is 37.1. The zero-order valence-corrected chi connectivity index (χ0v) is 48.1. The topological polar surface area (TPSA) is 111 Å². The summed E-state index contributed by atoms with van der Waals surface area (Å²) >= 11 is 0. The van der Waals surface area contributed by atoms with Gasteiger partial charge in [-0.25, -0.2) is 0 Å². The summed E-state index contributed by atoms with van der Waals surface area (Å²) in [7, 11) is 5.92. The average molecular weight is 1020 g/mol. The zero-order chi connectivity index (χ0) is 52.7.